The van der Waals surface area contributed by atoms with Crippen molar-refractivity contribution < 1.29 is 23.9 Å². The summed E-state index contributed by atoms with van der Waals surface area (Å²) in [7, 11) is 1.60. The number of rotatable bonds is 13. The Kier molecular flexibility index (Phi) is 10.3. The molecular formula is C32H35N5O5S2. The number of hydrogen-bond donors (Lipinski definition) is 2. The van der Waals surface area contributed by atoms with Crippen molar-refractivity contribution in [2.45, 2.75) is 63.0 Å². The molecule has 0 fully saturated rings. The van der Waals surface area contributed by atoms with Crippen LogP contribution < -0.4 is 15.4 Å². The number of nitrogens with zero attached hydrogens (tertiary/aromatic N) is 3. The third-order valence-electron chi connectivity index (χ3n) is 7.23. The maximum absolute atomic E-state index is 13.4. The zero-order valence-corrected chi connectivity index (χ0v) is 26.6. The van der Waals surface area contributed by atoms with Crippen molar-refractivity contribution in [2.75, 3.05) is 19.0 Å². The number of amides is 2. The SMILES string of the molecule is CCOC(=O)c1c(NC(=O)[C@@H](C)Sc2nnc(CNC(=O)Cc3ccc(OC)cc3)n2Cc2ccccc2)sc2c1CCC2. The van der Waals surface area contributed by atoms with Gasteiger partial charge in [0.2, 0.25) is 11.8 Å². The lowest BCUT2D eigenvalue weighted by molar-refractivity contribution is -0.120. The zero-order valence-electron chi connectivity index (χ0n) is 24.9. The van der Waals surface area contributed by atoms with E-state index in [0.717, 1.165) is 46.6 Å². The molecule has 0 radical (unpaired) electrons. The number of anilines is 1. The van der Waals surface area contributed by atoms with E-state index >= 15 is 0 Å². The van der Waals surface area contributed by atoms with Gasteiger partial charge in [-0.25, -0.2) is 4.79 Å². The first-order valence-corrected chi connectivity index (χ1v) is 16.2. The number of thioether (sulfide) groups is 1. The van der Waals surface area contributed by atoms with E-state index in [0.29, 0.717) is 28.1 Å². The number of methoxy groups -OCH3 is 1. The van der Waals surface area contributed by atoms with Gasteiger partial charge in [-0.3, -0.25) is 9.59 Å². The van der Waals surface area contributed by atoms with Crippen LogP contribution in [-0.4, -0.2) is 51.5 Å². The largest absolute Gasteiger partial charge is 0.497 e. The number of nitrogens with one attached hydrogen (secondary N) is 2. The Morgan fingerprint density at radius 3 is 2.55 bits per heavy atom. The number of thiophene rings is 1. The van der Waals surface area contributed by atoms with Crippen molar-refractivity contribution in [3.63, 3.8) is 0 Å². The van der Waals surface area contributed by atoms with Gasteiger partial charge in [-0.05, 0) is 61.9 Å². The maximum Gasteiger partial charge on any atom is 0.341 e. The monoisotopic (exact) mass is 633 g/mol. The fraction of sp³-hybridized carbons (Fsp3) is 0.344. The van der Waals surface area contributed by atoms with Gasteiger partial charge >= 0.3 is 5.97 Å². The summed E-state index contributed by atoms with van der Waals surface area (Å²) in [4.78, 5) is 40.0. The van der Waals surface area contributed by atoms with E-state index in [9.17, 15) is 14.4 Å². The smallest absolute Gasteiger partial charge is 0.341 e. The lowest BCUT2D eigenvalue weighted by atomic mass is 10.1. The summed E-state index contributed by atoms with van der Waals surface area (Å²) in [5.74, 6) is 0.514. The first-order chi connectivity index (χ1) is 21.4. The minimum absolute atomic E-state index is 0.147. The lowest BCUT2D eigenvalue weighted by Gasteiger charge is -2.15. The Morgan fingerprint density at radius 2 is 1.82 bits per heavy atom. The molecule has 1 atom stereocenters. The molecule has 0 unspecified atom stereocenters. The predicted octanol–water partition coefficient (Wildman–Crippen LogP) is 5.04. The summed E-state index contributed by atoms with van der Waals surface area (Å²) >= 11 is 2.73. The highest BCUT2D eigenvalue weighted by Crippen LogP contribution is 2.40. The Morgan fingerprint density at radius 1 is 1.05 bits per heavy atom. The average Bonchev–Trinajstić information content (AvgIpc) is 3.72. The first-order valence-electron chi connectivity index (χ1n) is 14.5. The molecule has 4 aromatic rings. The van der Waals surface area contributed by atoms with Crippen LogP contribution in [0.3, 0.4) is 0 Å². The van der Waals surface area contributed by atoms with E-state index in [4.69, 9.17) is 9.47 Å². The summed E-state index contributed by atoms with van der Waals surface area (Å²) < 4.78 is 12.4. The van der Waals surface area contributed by atoms with E-state index in [1.807, 2.05) is 59.2 Å². The van der Waals surface area contributed by atoms with Crippen LogP contribution in [0.4, 0.5) is 5.00 Å². The van der Waals surface area contributed by atoms with Crippen LogP contribution in [0.15, 0.2) is 59.8 Å². The van der Waals surface area contributed by atoms with Gasteiger partial charge in [-0.2, -0.15) is 0 Å². The van der Waals surface area contributed by atoms with Gasteiger partial charge in [0.05, 0.1) is 44.0 Å². The summed E-state index contributed by atoms with van der Waals surface area (Å²) in [5.41, 5.74) is 3.37. The summed E-state index contributed by atoms with van der Waals surface area (Å²) in [6.45, 7) is 4.49. The molecule has 1 aliphatic carbocycles. The van der Waals surface area contributed by atoms with Gasteiger partial charge < -0.3 is 24.7 Å². The molecule has 0 saturated heterocycles. The first kappa shape index (κ1) is 31.3. The maximum atomic E-state index is 13.4. The number of esters is 1. The number of aromatic nitrogens is 3. The Hall–Kier alpha value is -4.16. The molecule has 10 nitrogen and oxygen atoms in total. The molecule has 0 bridgehead atoms. The van der Waals surface area contributed by atoms with Crippen molar-refractivity contribution in [1.29, 1.82) is 0 Å². The molecule has 230 valence electrons. The fourth-order valence-corrected chi connectivity index (χ4v) is 7.11. The second-order valence-electron chi connectivity index (χ2n) is 10.3. The van der Waals surface area contributed by atoms with Gasteiger partial charge in [-0.1, -0.05) is 54.2 Å². The van der Waals surface area contributed by atoms with Crippen LogP contribution in [0.25, 0.3) is 0 Å². The molecule has 2 aromatic heterocycles. The molecule has 0 aliphatic heterocycles. The van der Waals surface area contributed by atoms with Gasteiger partial charge in [0.25, 0.3) is 0 Å². The molecule has 2 N–H and O–H groups in total. The molecular weight excluding hydrogens is 599 g/mol. The number of carbonyl (C=O) groups excluding carboxylic acids is 3. The zero-order chi connectivity index (χ0) is 31.1. The van der Waals surface area contributed by atoms with Gasteiger partial charge in [0, 0.05) is 4.88 Å². The number of benzene rings is 2. The molecule has 5 rings (SSSR count). The van der Waals surface area contributed by atoms with Crippen molar-refractivity contribution >= 4 is 45.9 Å². The summed E-state index contributed by atoms with van der Waals surface area (Å²) in [6.07, 6.45) is 2.92. The van der Waals surface area contributed by atoms with E-state index in [2.05, 4.69) is 20.8 Å². The molecule has 44 heavy (non-hydrogen) atoms. The number of aryl methyl sites for hydroxylation is 1. The molecule has 0 spiro atoms. The standard InChI is InChI=1S/C32H35N5O5S2/c1-4-42-31(40)28-24-11-8-12-25(24)44-30(28)34-29(39)20(2)43-32-36-35-26(37(32)19-22-9-6-5-7-10-22)18-33-27(38)17-21-13-15-23(41-3)16-14-21/h5-7,9-10,13-16,20H,4,8,11-12,17-19H2,1-3H3,(H,33,38)(H,34,39)/t20-/m1/s1. The van der Waals surface area contributed by atoms with Crippen molar-refractivity contribution in [2.24, 2.45) is 0 Å². The summed E-state index contributed by atoms with van der Waals surface area (Å²) in [6, 6.07) is 17.2. The topological polar surface area (TPSA) is 124 Å². The highest BCUT2D eigenvalue weighted by atomic mass is 32.2. The van der Waals surface area contributed by atoms with E-state index in [1.54, 1.807) is 21.0 Å². The van der Waals surface area contributed by atoms with Crippen molar-refractivity contribution in [3.8, 4) is 5.75 Å². The van der Waals surface area contributed by atoms with Crippen LogP contribution in [0, 0.1) is 0 Å². The third kappa shape index (κ3) is 7.48. The molecule has 0 saturated carbocycles. The van der Waals surface area contributed by atoms with Gasteiger partial charge in [0.1, 0.15) is 10.8 Å². The predicted molar refractivity (Wildman–Crippen MR) is 170 cm³/mol. The normalized spacial score (nSPS) is 12.8. The van der Waals surface area contributed by atoms with Crippen LogP contribution in [0.2, 0.25) is 0 Å². The molecule has 2 heterocycles. The third-order valence-corrected chi connectivity index (χ3v) is 9.52. The van der Waals surface area contributed by atoms with Crippen LogP contribution in [0.5, 0.6) is 5.75 Å². The Labute approximate surface area is 264 Å². The highest BCUT2D eigenvalue weighted by molar-refractivity contribution is 8.00. The molecule has 2 amide bonds. The van der Waals surface area contributed by atoms with Crippen LogP contribution >= 0.6 is 23.1 Å². The van der Waals surface area contributed by atoms with Crippen LogP contribution in [0.1, 0.15) is 58.0 Å². The average molecular weight is 634 g/mol. The minimum Gasteiger partial charge on any atom is -0.497 e. The minimum atomic E-state index is -0.543. The van der Waals surface area contributed by atoms with E-state index < -0.39 is 11.2 Å². The number of ether oxygens (including phenoxy) is 2. The number of hydrogen-bond acceptors (Lipinski definition) is 9. The van der Waals surface area contributed by atoms with Crippen molar-refractivity contribution in [3.05, 3.63) is 87.6 Å². The molecule has 1 aliphatic rings. The van der Waals surface area contributed by atoms with Crippen molar-refractivity contribution in [1.82, 2.24) is 20.1 Å². The van der Waals surface area contributed by atoms with E-state index in [-0.39, 0.29) is 31.4 Å². The quantitative estimate of drug-likeness (QED) is 0.155. The van der Waals surface area contributed by atoms with Gasteiger partial charge in [-0.15, -0.1) is 21.5 Å². The van der Waals surface area contributed by atoms with Gasteiger partial charge in [0.15, 0.2) is 11.0 Å². The Bertz CT molecular complexity index is 1620. The number of carbonyl (C=O) groups is 3. The number of fused-ring (bicyclic) bond motifs is 1. The molecule has 2 aromatic carbocycles. The fourth-order valence-electron chi connectivity index (χ4n) is 4.97. The Balaban J connectivity index is 1.29. The second-order valence-corrected chi connectivity index (χ2v) is 12.7. The van der Waals surface area contributed by atoms with Crippen LogP contribution in [-0.2, 0) is 46.7 Å². The molecule has 12 heteroatoms. The second kappa shape index (κ2) is 14.5. The lowest BCUT2D eigenvalue weighted by Crippen LogP contribution is -2.27. The summed E-state index contributed by atoms with van der Waals surface area (Å²) in [5, 5.41) is 15.2. The highest BCUT2D eigenvalue weighted by Gasteiger charge is 2.30. The van der Waals surface area contributed by atoms with E-state index in [1.165, 1.54) is 23.1 Å².